The summed E-state index contributed by atoms with van der Waals surface area (Å²) in [5.41, 5.74) is 1.97. The number of rotatable bonds is 4. The average molecular weight is 307 g/mol. The first-order valence-electron chi connectivity index (χ1n) is 6.30. The highest BCUT2D eigenvalue weighted by atomic mass is 32.2. The lowest BCUT2D eigenvalue weighted by molar-refractivity contribution is 0.413. The minimum atomic E-state index is -3.77. The van der Waals surface area contributed by atoms with Crippen molar-refractivity contribution in [2.75, 3.05) is 11.8 Å². The zero-order valence-electron chi connectivity index (χ0n) is 12.0. The second-order valence-corrected chi connectivity index (χ2v) is 6.42. The average Bonchev–Trinajstić information content (AvgIpc) is 2.44. The van der Waals surface area contributed by atoms with Crippen molar-refractivity contribution < 1.29 is 18.3 Å². The first kappa shape index (κ1) is 15.2. The third kappa shape index (κ3) is 3.28. The van der Waals surface area contributed by atoms with Crippen LogP contribution in [0.1, 0.15) is 11.1 Å². The van der Waals surface area contributed by atoms with Crippen molar-refractivity contribution in [2.24, 2.45) is 0 Å². The van der Waals surface area contributed by atoms with E-state index >= 15 is 0 Å². The first-order chi connectivity index (χ1) is 9.83. The smallest absolute Gasteiger partial charge is 0.262 e. The molecule has 0 bridgehead atoms. The lowest BCUT2D eigenvalue weighted by atomic mass is 10.1. The largest absolute Gasteiger partial charge is 0.506 e. The fourth-order valence-corrected chi connectivity index (χ4v) is 2.96. The predicted octanol–water partition coefficient (Wildman–Crippen LogP) is 2.82. The molecule has 0 fully saturated rings. The summed E-state index contributed by atoms with van der Waals surface area (Å²) in [4.78, 5) is 0.146. The second-order valence-electron chi connectivity index (χ2n) is 4.73. The minimum Gasteiger partial charge on any atom is -0.506 e. The Kier molecular flexibility index (Phi) is 4.09. The van der Waals surface area contributed by atoms with E-state index < -0.39 is 10.0 Å². The van der Waals surface area contributed by atoms with Crippen molar-refractivity contribution in [3.05, 3.63) is 47.5 Å². The molecule has 0 aliphatic rings. The SMILES string of the molecule is COc1ccc(O)c(NS(=O)(=O)c2ccc(C)c(C)c2)c1. The topological polar surface area (TPSA) is 75.6 Å². The second kappa shape index (κ2) is 5.65. The normalized spacial score (nSPS) is 11.2. The Morgan fingerprint density at radius 1 is 1.05 bits per heavy atom. The number of hydrogen-bond acceptors (Lipinski definition) is 4. The van der Waals surface area contributed by atoms with E-state index in [9.17, 15) is 13.5 Å². The van der Waals surface area contributed by atoms with Gasteiger partial charge >= 0.3 is 0 Å². The predicted molar refractivity (Wildman–Crippen MR) is 81.4 cm³/mol. The molecule has 2 aromatic rings. The van der Waals surface area contributed by atoms with Crippen LogP contribution in [0.3, 0.4) is 0 Å². The van der Waals surface area contributed by atoms with E-state index in [0.717, 1.165) is 11.1 Å². The number of hydrogen-bond donors (Lipinski definition) is 2. The molecule has 6 heteroatoms. The van der Waals surface area contributed by atoms with Gasteiger partial charge in [0.25, 0.3) is 10.0 Å². The fourth-order valence-electron chi connectivity index (χ4n) is 1.81. The summed E-state index contributed by atoms with van der Waals surface area (Å²) in [6, 6.07) is 9.21. The van der Waals surface area contributed by atoms with Crippen LogP contribution in [0, 0.1) is 13.8 Å². The molecule has 0 heterocycles. The highest BCUT2D eigenvalue weighted by Gasteiger charge is 2.17. The third-order valence-electron chi connectivity index (χ3n) is 3.24. The molecule has 0 saturated heterocycles. The standard InChI is InChI=1S/C15H17NO4S/c1-10-4-6-13(8-11(10)2)21(18,19)16-14-9-12(20-3)5-7-15(14)17/h4-9,16-17H,1-3H3. The van der Waals surface area contributed by atoms with E-state index in [1.54, 1.807) is 18.2 Å². The van der Waals surface area contributed by atoms with Gasteiger partial charge in [-0.2, -0.15) is 0 Å². The van der Waals surface area contributed by atoms with E-state index in [4.69, 9.17) is 4.74 Å². The van der Waals surface area contributed by atoms with Gasteiger partial charge in [-0.3, -0.25) is 4.72 Å². The molecule has 0 saturated carbocycles. The maximum Gasteiger partial charge on any atom is 0.262 e. The number of benzene rings is 2. The van der Waals surface area contributed by atoms with E-state index in [1.165, 1.54) is 25.3 Å². The monoisotopic (exact) mass is 307 g/mol. The highest BCUT2D eigenvalue weighted by molar-refractivity contribution is 7.92. The molecule has 0 unspecified atom stereocenters. The van der Waals surface area contributed by atoms with Crippen LogP contribution < -0.4 is 9.46 Å². The minimum absolute atomic E-state index is 0.0765. The van der Waals surface area contributed by atoms with Gasteiger partial charge in [-0.25, -0.2) is 8.42 Å². The highest BCUT2D eigenvalue weighted by Crippen LogP contribution is 2.30. The molecule has 0 aromatic heterocycles. The van der Waals surface area contributed by atoms with Crippen molar-refractivity contribution in [2.45, 2.75) is 18.7 Å². The van der Waals surface area contributed by atoms with Crippen molar-refractivity contribution in [1.82, 2.24) is 0 Å². The first-order valence-corrected chi connectivity index (χ1v) is 7.79. The van der Waals surface area contributed by atoms with Crippen LogP contribution in [0.25, 0.3) is 0 Å². The Balaban J connectivity index is 2.39. The van der Waals surface area contributed by atoms with Crippen molar-refractivity contribution in [3.63, 3.8) is 0 Å². The molecule has 0 radical (unpaired) electrons. The summed E-state index contributed by atoms with van der Waals surface area (Å²) in [7, 11) is -2.30. The van der Waals surface area contributed by atoms with Crippen LogP contribution in [0.15, 0.2) is 41.3 Å². The van der Waals surface area contributed by atoms with Crippen molar-refractivity contribution in [1.29, 1.82) is 0 Å². The molecule has 5 nitrogen and oxygen atoms in total. The number of aromatic hydroxyl groups is 1. The van der Waals surface area contributed by atoms with Gasteiger partial charge in [0, 0.05) is 6.07 Å². The Morgan fingerprint density at radius 3 is 2.38 bits per heavy atom. The zero-order valence-corrected chi connectivity index (χ0v) is 12.9. The number of phenolic OH excluding ortho intramolecular Hbond substituents is 1. The van der Waals surface area contributed by atoms with E-state index in [0.29, 0.717) is 5.75 Å². The van der Waals surface area contributed by atoms with E-state index in [-0.39, 0.29) is 16.3 Å². The molecule has 0 aliphatic heterocycles. The number of anilines is 1. The molecule has 21 heavy (non-hydrogen) atoms. The summed E-state index contributed by atoms with van der Waals surface area (Å²) in [6.45, 7) is 3.75. The van der Waals surface area contributed by atoms with Crippen molar-refractivity contribution >= 4 is 15.7 Å². The van der Waals surface area contributed by atoms with Gasteiger partial charge in [-0.15, -0.1) is 0 Å². The summed E-state index contributed by atoms with van der Waals surface area (Å²) in [6.07, 6.45) is 0. The molecule has 112 valence electrons. The quantitative estimate of drug-likeness (QED) is 0.852. The molecule has 2 rings (SSSR count). The molecule has 0 amide bonds. The molecule has 0 spiro atoms. The Hall–Kier alpha value is -2.21. The maximum atomic E-state index is 12.4. The van der Waals surface area contributed by atoms with Gasteiger partial charge < -0.3 is 9.84 Å². The Morgan fingerprint density at radius 2 is 1.76 bits per heavy atom. The Labute approximate surface area is 124 Å². The van der Waals surface area contributed by atoms with E-state index in [1.807, 2.05) is 13.8 Å². The molecular weight excluding hydrogens is 290 g/mol. The molecular formula is C15H17NO4S. The number of nitrogens with one attached hydrogen (secondary N) is 1. The van der Waals surface area contributed by atoms with E-state index in [2.05, 4.69) is 4.72 Å². The van der Waals surface area contributed by atoms with Crippen LogP contribution in [0.2, 0.25) is 0 Å². The molecule has 2 N–H and O–H groups in total. The van der Waals surface area contributed by atoms with Crippen LogP contribution in [0.5, 0.6) is 11.5 Å². The van der Waals surface area contributed by atoms with Gasteiger partial charge in [0.2, 0.25) is 0 Å². The third-order valence-corrected chi connectivity index (χ3v) is 4.60. The van der Waals surface area contributed by atoms with Crippen molar-refractivity contribution in [3.8, 4) is 11.5 Å². The number of ether oxygens (including phenoxy) is 1. The summed E-state index contributed by atoms with van der Waals surface area (Å²) < 4.78 is 32.1. The van der Waals surface area contributed by atoms with Gasteiger partial charge in [-0.1, -0.05) is 6.07 Å². The summed E-state index contributed by atoms with van der Waals surface area (Å²) in [5, 5.41) is 9.76. The van der Waals surface area contributed by atoms with Gasteiger partial charge in [-0.05, 0) is 49.2 Å². The number of aryl methyl sites for hydroxylation is 2. The lowest BCUT2D eigenvalue weighted by Crippen LogP contribution is -2.13. The fraction of sp³-hybridized carbons (Fsp3) is 0.200. The van der Waals surface area contributed by atoms with Crippen LogP contribution in [-0.4, -0.2) is 20.6 Å². The van der Waals surface area contributed by atoms with Gasteiger partial charge in [0.1, 0.15) is 11.5 Å². The van der Waals surface area contributed by atoms with Gasteiger partial charge in [0.15, 0.2) is 0 Å². The zero-order chi connectivity index (χ0) is 15.6. The molecule has 0 atom stereocenters. The summed E-state index contributed by atoms with van der Waals surface area (Å²) >= 11 is 0. The number of phenols is 1. The lowest BCUT2D eigenvalue weighted by Gasteiger charge is -2.12. The van der Waals surface area contributed by atoms with Crippen LogP contribution in [0.4, 0.5) is 5.69 Å². The Bertz CT molecular complexity index is 769. The number of sulfonamides is 1. The van der Waals surface area contributed by atoms with Gasteiger partial charge in [0.05, 0.1) is 17.7 Å². The van der Waals surface area contributed by atoms with Crippen LogP contribution in [-0.2, 0) is 10.0 Å². The number of methoxy groups -OCH3 is 1. The molecule has 0 aliphatic carbocycles. The molecule has 2 aromatic carbocycles. The van der Waals surface area contributed by atoms with Crippen LogP contribution >= 0.6 is 0 Å². The maximum absolute atomic E-state index is 12.4. The summed E-state index contributed by atoms with van der Waals surface area (Å²) in [5.74, 6) is 0.286.